The maximum Gasteiger partial charge on any atom is 0.221 e. The van der Waals surface area contributed by atoms with Crippen LogP contribution in [0, 0.1) is 0 Å². The van der Waals surface area contributed by atoms with Crippen molar-refractivity contribution in [3.63, 3.8) is 0 Å². The third kappa shape index (κ3) is 3.15. The molecule has 0 spiro atoms. The number of benzene rings is 2. The Bertz CT molecular complexity index is 753. The Morgan fingerprint density at radius 1 is 1.15 bits per heavy atom. The summed E-state index contributed by atoms with van der Waals surface area (Å²) in [5, 5.41) is 13.0. The summed E-state index contributed by atoms with van der Waals surface area (Å²) in [6.07, 6.45) is 0. The zero-order chi connectivity index (χ0) is 14.8. The van der Waals surface area contributed by atoms with Crippen molar-refractivity contribution < 1.29 is 18.3 Å². The van der Waals surface area contributed by atoms with Gasteiger partial charge in [-0.1, -0.05) is 12.1 Å². The second kappa shape index (κ2) is 5.60. The number of nitrogens with one attached hydrogen (secondary N) is 1. The molecule has 6 heteroatoms. The molecule has 106 valence electrons. The number of carbonyl (C=O) groups is 1. The molecule has 0 saturated carbocycles. The lowest BCUT2D eigenvalue weighted by Crippen LogP contribution is -2.10. The Labute approximate surface area is 117 Å². The molecule has 1 amide bonds. The third-order valence-corrected chi connectivity index (χ3v) is 4.54. The van der Waals surface area contributed by atoms with Crippen molar-refractivity contribution in [2.45, 2.75) is 11.8 Å². The van der Waals surface area contributed by atoms with Gasteiger partial charge in [-0.15, -0.1) is 0 Å². The quantitative estimate of drug-likeness (QED) is 0.896. The van der Waals surface area contributed by atoms with Gasteiger partial charge in [0.25, 0.3) is 0 Å². The molecule has 0 radical (unpaired) electrons. The standard InChI is InChI=1S/C14H15NO4S/c1-10(17)15-13-4-2-11-3-5-14(9-12(11)8-13)20(18,19)7-6-16/h2-5,8-9,16H,6-7H2,1H3,(H,15,17). The van der Waals surface area contributed by atoms with Crippen LogP contribution in [0.15, 0.2) is 41.3 Å². The molecular formula is C14H15NO4S. The van der Waals surface area contributed by atoms with E-state index in [9.17, 15) is 13.2 Å². The molecule has 0 aliphatic rings. The van der Waals surface area contributed by atoms with E-state index in [1.165, 1.54) is 13.0 Å². The van der Waals surface area contributed by atoms with Crippen LogP contribution in [0.25, 0.3) is 10.8 Å². The fraction of sp³-hybridized carbons (Fsp3) is 0.214. The van der Waals surface area contributed by atoms with Crippen molar-refractivity contribution in [2.24, 2.45) is 0 Å². The normalized spacial score (nSPS) is 11.5. The first kappa shape index (κ1) is 14.5. The van der Waals surface area contributed by atoms with Gasteiger partial charge in [-0.25, -0.2) is 8.42 Å². The number of amides is 1. The second-order valence-electron chi connectivity index (χ2n) is 4.45. The van der Waals surface area contributed by atoms with Gasteiger partial charge in [0.2, 0.25) is 5.91 Å². The van der Waals surface area contributed by atoms with E-state index in [0.717, 1.165) is 10.8 Å². The summed E-state index contributed by atoms with van der Waals surface area (Å²) in [6, 6.07) is 10.1. The Balaban J connectivity index is 2.49. The summed E-state index contributed by atoms with van der Waals surface area (Å²) in [6.45, 7) is 0.999. The number of aliphatic hydroxyl groups is 1. The summed E-state index contributed by atoms with van der Waals surface area (Å²) in [5.74, 6) is -0.488. The van der Waals surface area contributed by atoms with E-state index in [1.54, 1.807) is 24.3 Å². The number of sulfone groups is 1. The van der Waals surface area contributed by atoms with E-state index in [0.29, 0.717) is 5.69 Å². The van der Waals surface area contributed by atoms with Crippen molar-refractivity contribution in [1.29, 1.82) is 0 Å². The smallest absolute Gasteiger partial charge is 0.221 e. The zero-order valence-corrected chi connectivity index (χ0v) is 11.8. The van der Waals surface area contributed by atoms with Gasteiger partial charge < -0.3 is 10.4 Å². The average Bonchev–Trinajstić information content (AvgIpc) is 2.37. The average molecular weight is 293 g/mol. The molecule has 0 unspecified atom stereocenters. The van der Waals surface area contributed by atoms with Crippen LogP contribution in [0.1, 0.15) is 6.92 Å². The van der Waals surface area contributed by atoms with Gasteiger partial charge in [0.05, 0.1) is 17.3 Å². The summed E-state index contributed by atoms with van der Waals surface area (Å²) in [7, 11) is -3.48. The summed E-state index contributed by atoms with van der Waals surface area (Å²) >= 11 is 0. The Hall–Kier alpha value is -1.92. The van der Waals surface area contributed by atoms with E-state index < -0.39 is 16.4 Å². The summed E-state index contributed by atoms with van der Waals surface area (Å²) < 4.78 is 23.8. The van der Waals surface area contributed by atoms with Gasteiger partial charge in [0.1, 0.15) is 0 Å². The van der Waals surface area contributed by atoms with Crippen LogP contribution in [0.3, 0.4) is 0 Å². The number of anilines is 1. The lowest BCUT2D eigenvalue weighted by molar-refractivity contribution is -0.114. The lowest BCUT2D eigenvalue weighted by Gasteiger charge is -2.07. The first-order valence-electron chi connectivity index (χ1n) is 6.07. The monoisotopic (exact) mass is 293 g/mol. The van der Waals surface area contributed by atoms with Gasteiger partial charge in [-0.05, 0) is 35.0 Å². The van der Waals surface area contributed by atoms with Crippen molar-refractivity contribution in [3.05, 3.63) is 36.4 Å². The molecular weight excluding hydrogens is 278 g/mol. The highest BCUT2D eigenvalue weighted by atomic mass is 32.2. The van der Waals surface area contributed by atoms with Crippen LogP contribution >= 0.6 is 0 Å². The van der Waals surface area contributed by atoms with E-state index in [-0.39, 0.29) is 16.6 Å². The predicted molar refractivity (Wildman–Crippen MR) is 77.4 cm³/mol. The van der Waals surface area contributed by atoms with Crippen molar-refractivity contribution >= 4 is 32.2 Å². The van der Waals surface area contributed by atoms with E-state index in [2.05, 4.69) is 5.32 Å². The first-order valence-corrected chi connectivity index (χ1v) is 7.72. The molecule has 2 aromatic carbocycles. The molecule has 20 heavy (non-hydrogen) atoms. The SMILES string of the molecule is CC(=O)Nc1ccc2ccc(S(=O)(=O)CCO)cc2c1. The van der Waals surface area contributed by atoms with Gasteiger partial charge >= 0.3 is 0 Å². The highest BCUT2D eigenvalue weighted by Gasteiger charge is 2.14. The van der Waals surface area contributed by atoms with Crippen molar-refractivity contribution in [1.82, 2.24) is 0 Å². The van der Waals surface area contributed by atoms with Crippen LogP contribution in [-0.2, 0) is 14.6 Å². The molecule has 0 fully saturated rings. The molecule has 0 bridgehead atoms. The van der Waals surface area contributed by atoms with Crippen LogP contribution < -0.4 is 5.32 Å². The first-order chi connectivity index (χ1) is 9.42. The van der Waals surface area contributed by atoms with Crippen LogP contribution in [0.5, 0.6) is 0 Å². The van der Waals surface area contributed by atoms with Gasteiger partial charge in [0.15, 0.2) is 9.84 Å². The maximum atomic E-state index is 11.9. The lowest BCUT2D eigenvalue weighted by atomic mass is 10.1. The maximum absolute atomic E-state index is 11.9. The minimum Gasteiger partial charge on any atom is -0.395 e. The molecule has 0 heterocycles. The number of hydrogen-bond acceptors (Lipinski definition) is 4. The van der Waals surface area contributed by atoms with Gasteiger partial charge in [-0.3, -0.25) is 4.79 Å². The van der Waals surface area contributed by atoms with E-state index in [1.807, 2.05) is 6.07 Å². The van der Waals surface area contributed by atoms with Crippen LogP contribution in [0.2, 0.25) is 0 Å². The number of rotatable bonds is 4. The highest BCUT2D eigenvalue weighted by molar-refractivity contribution is 7.91. The summed E-state index contributed by atoms with van der Waals surface area (Å²) in [5.41, 5.74) is 0.613. The van der Waals surface area contributed by atoms with Gasteiger partial charge in [-0.2, -0.15) is 0 Å². The molecule has 0 aliphatic carbocycles. The Morgan fingerprint density at radius 3 is 2.50 bits per heavy atom. The fourth-order valence-corrected chi connectivity index (χ4v) is 3.00. The third-order valence-electron chi connectivity index (χ3n) is 2.85. The minimum absolute atomic E-state index is 0.166. The largest absolute Gasteiger partial charge is 0.395 e. The number of carbonyl (C=O) groups excluding carboxylic acids is 1. The highest BCUT2D eigenvalue weighted by Crippen LogP contribution is 2.23. The zero-order valence-electron chi connectivity index (χ0n) is 11.0. The fourth-order valence-electron chi connectivity index (χ4n) is 1.94. The predicted octanol–water partition coefficient (Wildman–Crippen LogP) is 1.56. The molecule has 0 aliphatic heterocycles. The van der Waals surface area contributed by atoms with Crippen molar-refractivity contribution in [2.75, 3.05) is 17.7 Å². The molecule has 0 atom stereocenters. The number of fused-ring (bicyclic) bond motifs is 1. The molecule has 2 aromatic rings. The molecule has 2 rings (SSSR count). The number of hydrogen-bond donors (Lipinski definition) is 2. The van der Waals surface area contributed by atoms with E-state index in [4.69, 9.17) is 5.11 Å². The van der Waals surface area contributed by atoms with Crippen LogP contribution in [0.4, 0.5) is 5.69 Å². The second-order valence-corrected chi connectivity index (χ2v) is 6.56. The summed E-state index contributed by atoms with van der Waals surface area (Å²) in [4.78, 5) is 11.2. The Morgan fingerprint density at radius 2 is 1.85 bits per heavy atom. The Kier molecular flexibility index (Phi) is 4.06. The van der Waals surface area contributed by atoms with Crippen LogP contribution in [-0.4, -0.2) is 31.8 Å². The molecule has 0 aromatic heterocycles. The molecule has 0 saturated heterocycles. The number of aliphatic hydroxyl groups excluding tert-OH is 1. The molecule has 2 N–H and O–H groups in total. The molecule has 5 nitrogen and oxygen atoms in total. The minimum atomic E-state index is -3.48. The van der Waals surface area contributed by atoms with E-state index >= 15 is 0 Å². The topological polar surface area (TPSA) is 83.5 Å². The van der Waals surface area contributed by atoms with Crippen molar-refractivity contribution in [3.8, 4) is 0 Å². The van der Waals surface area contributed by atoms with Gasteiger partial charge in [0, 0.05) is 12.6 Å².